The molecule has 0 aliphatic heterocycles. The number of hydrogen-bond donors (Lipinski definition) is 1. The van der Waals surface area contributed by atoms with Gasteiger partial charge in [-0.1, -0.05) is 133 Å². The lowest BCUT2D eigenvalue weighted by Gasteiger charge is -2.31. The molecule has 1 N–H and O–H groups in total. The number of carboxylic acids is 1. The summed E-state index contributed by atoms with van der Waals surface area (Å²) in [6, 6.07) is -0.615. The lowest BCUT2D eigenvalue weighted by Crippen LogP contribution is -2.50. The lowest BCUT2D eigenvalue weighted by atomic mass is 10.1. The van der Waals surface area contributed by atoms with E-state index in [4.69, 9.17) is 14.2 Å². The summed E-state index contributed by atoms with van der Waals surface area (Å²) < 4.78 is 17.2. The molecule has 0 fully saturated rings. The molecule has 0 aliphatic rings. The van der Waals surface area contributed by atoms with Crippen LogP contribution in [0.3, 0.4) is 0 Å². The van der Waals surface area contributed by atoms with Gasteiger partial charge in [-0.2, -0.15) is 0 Å². The zero-order chi connectivity index (χ0) is 37.8. The van der Waals surface area contributed by atoms with Crippen LogP contribution < -0.4 is 0 Å². The summed E-state index contributed by atoms with van der Waals surface area (Å²) in [5.74, 6) is -1.49. The summed E-state index contributed by atoms with van der Waals surface area (Å²) in [6.45, 7) is 4.55. The minimum atomic E-state index is -0.879. The average molecular weight is 719 g/mol. The van der Waals surface area contributed by atoms with Crippen molar-refractivity contribution in [3.8, 4) is 0 Å². The van der Waals surface area contributed by atoms with Crippen molar-refractivity contribution in [3.63, 3.8) is 0 Å². The second kappa shape index (κ2) is 34.4. The number of carbonyl (C=O) groups excluding carboxylic acids is 2. The van der Waals surface area contributed by atoms with Gasteiger partial charge >= 0.3 is 17.9 Å². The highest BCUT2D eigenvalue weighted by molar-refractivity contribution is 5.72. The molecule has 0 saturated carbocycles. The van der Waals surface area contributed by atoms with E-state index >= 15 is 0 Å². The molecule has 8 heteroatoms. The molecule has 51 heavy (non-hydrogen) atoms. The molecule has 294 valence electrons. The fraction of sp³-hybridized carbons (Fsp3) is 0.744. The highest BCUT2D eigenvalue weighted by Gasteiger charge is 2.31. The molecule has 0 heterocycles. The van der Waals surface area contributed by atoms with Crippen molar-refractivity contribution in [3.05, 3.63) is 48.6 Å². The third-order valence-electron chi connectivity index (χ3n) is 8.74. The first kappa shape index (κ1) is 48.3. The fourth-order valence-corrected chi connectivity index (χ4v) is 5.61. The van der Waals surface area contributed by atoms with Crippen molar-refractivity contribution in [2.45, 2.75) is 167 Å². The largest absolute Gasteiger partial charge is 0.477 e. The molecule has 0 bridgehead atoms. The second-order valence-corrected chi connectivity index (χ2v) is 14.5. The van der Waals surface area contributed by atoms with Gasteiger partial charge in [-0.25, -0.2) is 4.79 Å². The molecule has 0 amide bonds. The van der Waals surface area contributed by atoms with Crippen molar-refractivity contribution in [1.82, 2.24) is 0 Å². The first-order chi connectivity index (χ1) is 24.6. The first-order valence-corrected chi connectivity index (χ1v) is 20.2. The van der Waals surface area contributed by atoms with Gasteiger partial charge in [0.15, 0.2) is 12.1 Å². The second-order valence-electron chi connectivity index (χ2n) is 14.5. The number of ether oxygens (including phenoxy) is 3. The highest BCUT2D eigenvalue weighted by atomic mass is 16.6. The summed E-state index contributed by atoms with van der Waals surface area (Å²) in [5, 5.41) is 9.58. The Morgan fingerprint density at radius 1 is 0.608 bits per heavy atom. The van der Waals surface area contributed by atoms with E-state index in [1.54, 1.807) is 0 Å². The molecule has 0 rings (SSSR count). The molecule has 0 aromatic carbocycles. The summed E-state index contributed by atoms with van der Waals surface area (Å²) in [7, 11) is 5.51. The number of quaternary nitrogens is 1. The normalized spacial score (nSPS) is 13.5. The van der Waals surface area contributed by atoms with Crippen LogP contribution in [0, 0.1) is 0 Å². The Hall–Kier alpha value is -2.71. The standard InChI is InChI=1S/C43H75NO7/c1-6-8-10-12-14-15-16-17-18-19-20-21-22-23-24-25-26-28-30-32-34-42(46)51-39(37-49-36-35-40(43(47)48)44(3,4)5)38-50-41(45)33-31-29-27-13-11-9-7-2/h8,10,14-15,17-18,20-21,39-40H,6-7,9,11-13,16,19,22-38H2,1-5H3/p+1/b10-8+,15-14+,18-17+,21-20+. The predicted octanol–water partition coefficient (Wildman–Crippen LogP) is 10.5. The van der Waals surface area contributed by atoms with Crippen LogP contribution in [0.5, 0.6) is 0 Å². The fourth-order valence-electron chi connectivity index (χ4n) is 5.61. The minimum absolute atomic E-state index is 0.0559. The summed E-state index contributed by atoms with van der Waals surface area (Å²) in [5.41, 5.74) is 0. The van der Waals surface area contributed by atoms with Crippen molar-refractivity contribution >= 4 is 17.9 Å². The molecule has 0 radical (unpaired) electrons. The highest BCUT2D eigenvalue weighted by Crippen LogP contribution is 2.13. The third kappa shape index (κ3) is 32.9. The van der Waals surface area contributed by atoms with Crippen molar-refractivity contribution in [1.29, 1.82) is 0 Å². The van der Waals surface area contributed by atoms with Crippen LogP contribution in [0.25, 0.3) is 0 Å². The Labute approximate surface area is 312 Å². The van der Waals surface area contributed by atoms with Crippen LogP contribution in [0.4, 0.5) is 0 Å². The van der Waals surface area contributed by atoms with Crippen LogP contribution in [0.15, 0.2) is 48.6 Å². The Morgan fingerprint density at radius 2 is 1.10 bits per heavy atom. The van der Waals surface area contributed by atoms with Crippen molar-refractivity contribution < 1.29 is 38.2 Å². The van der Waals surface area contributed by atoms with Crippen LogP contribution in [-0.4, -0.2) is 80.6 Å². The number of hydrogen-bond acceptors (Lipinski definition) is 6. The maximum absolute atomic E-state index is 12.7. The molecular formula is C43H76NO7+. The Kier molecular flexibility index (Phi) is 32.6. The molecule has 0 aliphatic carbocycles. The summed E-state index contributed by atoms with van der Waals surface area (Å²) in [4.78, 5) is 36.7. The molecule has 2 unspecified atom stereocenters. The monoisotopic (exact) mass is 719 g/mol. The van der Waals surface area contributed by atoms with Crippen LogP contribution in [0.2, 0.25) is 0 Å². The number of aliphatic carboxylic acids is 1. The zero-order valence-corrected chi connectivity index (χ0v) is 33.3. The van der Waals surface area contributed by atoms with Gasteiger partial charge in [-0.15, -0.1) is 0 Å². The van der Waals surface area contributed by atoms with Crippen LogP contribution in [-0.2, 0) is 28.6 Å². The van der Waals surface area contributed by atoms with E-state index in [9.17, 15) is 19.5 Å². The van der Waals surface area contributed by atoms with E-state index in [0.717, 1.165) is 70.6 Å². The van der Waals surface area contributed by atoms with Crippen LogP contribution in [0.1, 0.15) is 155 Å². The molecule has 0 aromatic rings. The molecule has 2 atom stereocenters. The first-order valence-electron chi connectivity index (χ1n) is 20.2. The summed E-state index contributed by atoms with van der Waals surface area (Å²) >= 11 is 0. The number of carboxylic acid groups (broad SMARTS) is 1. The quantitative estimate of drug-likeness (QED) is 0.0301. The molecule has 8 nitrogen and oxygen atoms in total. The topological polar surface area (TPSA) is 99.1 Å². The number of rotatable bonds is 35. The van der Waals surface area contributed by atoms with Gasteiger partial charge in [0.25, 0.3) is 0 Å². The smallest absolute Gasteiger partial charge is 0.362 e. The van der Waals surface area contributed by atoms with Gasteiger partial charge in [0.05, 0.1) is 34.4 Å². The van der Waals surface area contributed by atoms with Crippen LogP contribution >= 0.6 is 0 Å². The number of unbranched alkanes of at least 4 members (excludes halogenated alkanes) is 13. The number of likely N-dealkylation sites (N-methyl/N-ethyl adjacent to an activating group) is 1. The Bertz CT molecular complexity index is 979. The molecule has 0 spiro atoms. The van der Waals surface area contributed by atoms with E-state index < -0.39 is 18.1 Å². The number of nitrogens with zero attached hydrogens (tertiary/aromatic N) is 1. The van der Waals surface area contributed by atoms with E-state index in [-0.39, 0.29) is 36.2 Å². The van der Waals surface area contributed by atoms with Gasteiger partial charge in [-0.3, -0.25) is 9.59 Å². The number of allylic oxidation sites excluding steroid dienone is 8. The SMILES string of the molecule is CC/C=C/C/C=C/C/C=C/C/C=C/CCCCCCCCCC(=O)OC(COCCC(C(=O)O)[N+](C)(C)C)COC(=O)CCCCCCCCC. The Balaban J connectivity index is 4.30. The number of carbonyl (C=O) groups is 3. The van der Waals surface area contributed by atoms with Gasteiger partial charge in [0.1, 0.15) is 6.61 Å². The van der Waals surface area contributed by atoms with E-state index in [1.165, 1.54) is 51.4 Å². The van der Waals surface area contributed by atoms with Gasteiger partial charge in [0.2, 0.25) is 0 Å². The molecule has 0 aromatic heterocycles. The third-order valence-corrected chi connectivity index (χ3v) is 8.74. The van der Waals surface area contributed by atoms with E-state index in [2.05, 4.69) is 62.5 Å². The average Bonchev–Trinajstić information content (AvgIpc) is 3.08. The lowest BCUT2D eigenvalue weighted by molar-refractivity contribution is -0.887. The maximum atomic E-state index is 12.7. The van der Waals surface area contributed by atoms with Gasteiger partial charge in [-0.05, 0) is 51.4 Å². The number of esters is 2. The van der Waals surface area contributed by atoms with E-state index in [1.807, 2.05) is 21.1 Å². The van der Waals surface area contributed by atoms with Crippen molar-refractivity contribution in [2.75, 3.05) is 41.0 Å². The van der Waals surface area contributed by atoms with Gasteiger partial charge in [0, 0.05) is 19.3 Å². The predicted molar refractivity (Wildman–Crippen MR) is 211 cm³/mol. The van der Waals surface area contributed by atoms with Gasteiger partial charge < -0.3 is 23.8 Å². The Morgan fingerprint density at radius 3 is 1.63 bits per heavy atom. The van der Waals surface area contributed by atoms with Crippen molar-refractivity contribution in [2.24, 2.45) is 0 Å². The maximum Gasteiger partial charge on any atom is 0.362 e. The molecule has 0 saturated heterocycles. The zero-order valence-electron chi connectivity index (χ0n) is 33.3. The molecular weight excluding hydrogens is 642 g/mol. The minimum Gasteiger partial charge on any atom is -0.477 e. The van der Waals surface area contributed by atoms with E-state index in [0.29, 0.717) is 19.3 Å². The summed E-state index contributed by atoms with van der Waals surface area (Å²) in [6.07, 6.45) is 38.8.